The summed E-state index contributed by atoms with van der Waals surface area (Å²) >= 11 is 8.79. The first-order chi connectivity index (χ1) is 10.2. The lowest BCUT2D eigenvalue weighted by atomic mass is 10.1. The van der Waals surface area contributed by atoms with Crippen molar-refractivity contribution in [3.8, 4) is 5.75 Å². The average molecular weight is 434 g/mol. The van der Waals surface area contributed by atoms with Gasteiger partial charge in [-0.05, 0) is 41.4 Å². The van der Waals surface area contributed by atoms with E-state index in [1.165, 1.54) is 0 Å². The van der Waals surface area contributed by atoms with Gasteiger partial charge in [0.15, 0.2) is 0 Å². The first-order valence-corrected chi connectivity index (χ1v) is 9.35. The lowest BCUT2D eigenvalue weighted by Gasteiger charge is -2.17. The third-order valence-electron chi connectivity index (χ3n) is 3.07. The summed E-state index contributed by atoms with van der Waals surface area (Å²) in [6.07, 6.45) is 2.86. The van der Waals surface area contributed by atoms with Crippen LogP contribution in [0, 0.1) is 0 Å². The van der Waals surface area contributed by atoms with Gasteiger partial charge in [-0.15, -0.1) is 11.3 Å². The normalized spacial score (nSPS) is 12.4. The van der Waals surface area contributed by atoms with Gasteiger partial charge < -0.3 is 10.1 Å². The van der Waals surface area contributed by atoms with Crippen LogP contribution in [0.25, 0.3) is 0 Å². The van der Waals surface area contributed by atoms with Crippen LogP contribution in [0.2, 0.25) is 0 Å². The van der Waals surface area contributed by atoms with Gasteiger partial charge in [0.05, 0.1) is 17.1 Å². The van der Waals surface area contributed by atoms with Gasteiger partial charge in [0.25, 0.3) is 0 Å². The zero-order valence-corrected chi connectivity index (χ0v) is 16.0. The Morgan fingerprint density at radius 2 is 2.14 bits per heavy atom. The summed E-state index contributed by atoms with van der Waals surface area (Å²) in [5, 5.41) is 6.71. The van der Waals surface area contributed by atoms with Crippen LogP contribution in [0.5, 0.6) is 5.75 Å². The quantitative estimate of drug-likeness (QED) is 0.642. The summed E-state index contributed by atoms with van der Waals surface area (Å²) in [4.78, 5) is 4.40. The van der Waals surface area contributed by atoms with Crippen LogP contribution in [0.3, 0.4) is 0 Å². The van der Waals surface area contributed by atoms with E-state index in [1.807, 2.05) is 24.6 Å². The fourth-order valence-corrected chi connectivity index (χ4v) is 4.32. The Kier molecular flexibility index (Phi) is 6.67. The molecule has 1 unspecified atom stereocenters. The van der Waals surface area contributed by atoms with Crippen molar-refractivity contribution in [2.45, 2.75) is 32.9 Å². The molecular formula is C15H18Br2N2OS. The monoisotopic (exact) mass is 432 g/mol. The van der Waals surface area contributed by atoms with E-state index in [4.69, 9.17) is 4.74 Å². The number of rotatable bonds is 7. The molecule has 1 aromatic carbocycles. The molecule has 21 heavy (non-hydrogen) atoms. The van der Waals surface area contributed by atoms with Crippen LogP contribution in [0.1, 0.15) is 36.9 Å². The molecule has 0 aliphatic rings. The zero-order valence-electron chi connectivity index (χ0n) is 12.0. The lowest BCUT2D eigenvalue weighted by Crippen LogP contribution is -2.20. The lowest BCUT2D eigenvalue weighted by molar-refractivity contribution is 0.332. The number of nitrogens with zero attached hydrogens (tertiary/aromatic N) is 1. The van der Waals surface area contributed by atoms with Crippen molar-refractivity contribution in [3.63, 3.8) is 0 Å². The molecule has 0 spiro atoms. The second kappa shape index (κ2) is 8.27. The molecule has 0 radical (unpaired) electrons. The second-order valence-electron chi connectivity index (χ2n) is 4.52. The maximum atomic E-state index is 5.76. The molecule has 1 heterocycles. The molecule has 0 fully saturated rings. The summed E-state index contributed by atoms with van der Waals surface area (Å²) in [7, 11) is 0. The smallest absolute Gasteiger partial charge is 0.138 e. The number of hydrogen-bond acceptors (Lipinski definition) is 4. The van der Waals surface area contributed by atoms with E-state index in [1.54, 1.807) is 11.3 Å². The van der Waals surface area contributed by atoms with Crippen molar-refractivity contribution in [2.75, 3.05) is 6.61 Å². The van der Waals surface area contributed by atoms with E-state index in [-0.39, 0.29) is 6.04 Å². The first kappa shape index (κ1) is 16.9. The molecule has 1 N–H and O–H groups in total. The molecule has 0 aliphatic carbocycles. The maximum Gasteiger partial charge on any atom is 0.138 e. The van der Waals surface area contributed by atoms with Crippen LogP contribution in [-0.4, -0.2) is 11.6 Å². The van der Waals surface area contributed by atoms with E-state index >= 15 is 0 Å². The molecule has 2 rings (SSSR count). The molecule has 3 nitrogen and oxygen atoms in total. The zero-order chi connectivity index (χ0) is 15.2. The molecule has 1 atom stereocenters. The Hall–Kier alpha value is -0.430. The van der Waals surface area contributed by atoms with Crippen molar-refractivity contribution < 1.29 is 4.74 Å². The molecule has 0 bridgehead atoms. The summed E-state index contributed by atoms with van der Waals surface area (Å²) in [5.41, 5.74) is 1.13. The Labute approximate surface area is 146 Å². The third-order valence-corrected chi connectivity index (χ3v) is 5.01. The van der Waals surface area contributed by atoms with Gasteiger partial charge in [0.1, 0.15) is 10.8 Å². The number of thiazole rings is 1. The maximum absolute atomic E-state index is 5.76. The Bertz CT molecular complexity index is 575. The molecular weight excluding hydrogens is 416 g/mol. The number of nitrogens with one attached hydrogen (secondary N) is 1. The highest BCUT2D eigenvalue weighted by Gasteiger charge is 2.14. The average Bonchev–Trinajstić information content (AvgIpc) is 2.97. The molecule has 0 aliphatic heterocycles. The van der Waals surface area contributed by atoms with Gasteiger partial charge >= 0.3 is 0 Å². The van der Waals surface area contributed by atoms with Gasteiger partial charge in [-0.25, -0.2) is 4.98 Å². The SMILES string of the molecule is CCOc1c(Br)cc(Br)cc1CNC(CC)c1nccs1. The standard InChI is InChI=1S/C15H18Br2N2OS/c1-3-13(15-18-5-6-21-15)19-9-10-7-11(16)8-12(17)14(10)20-4-2/h5-8,13,19H,3-4,9H2,1-2H3. The summed E-state index contributed by atoms with van der Waals surface area (Å²) in [6.45, 7) is 5.55. The van der Waals surface area contributed by atoms with Crippen LogP contribution < -0.4 is 10.1 Å². The van der Waals surface area contributed by atoms with Gasteiger partial charge in [-0.1, -0.05) is 22.9 Å². The topological polar surface area (TPSA) is 34.1 Å². The largest absolute Gasteiger partial charge is 0.492 e. The Balaban J connectivity index is 2.15. The van der Waals surface area contributed by atoms with Crippen LogP contribution in [0.15, 0.2) is 32.7 Å². The predicted molar refractivity (Wildman–Crippen MR) is 95.0 cm³/mol. The van der Waals surface area contributed by atoms with Gasteiger partial charge in [0, 0.05) is 28.2 Å². The summed E-state index contributed by atoms with van der Waals surface area (Å²) in [6, 6.07) is 4.38. The van der Waals surface area contributed by atoms with Gasteiger partial charge in [0.2, 0.25) is 0 Å². The number of halogens is 2. The highest BCUT2D eigenvalue weighted by atomic mass is 79.9. The molecule has 2 aromatic rings. The molecule has 6 heteroatoms. The summed E-state index contributed by atoms with van der Waals surface area (Å²) < 4.78 is 7.77. The number of aromatic nitrogens is 1. The van der Waals surface area contributed by atoms with Crippen LogP contribution in [0.4, 0.5) is 0 Å². The minimum Gasteiger partial charge on any atom is -0.492 e. The number of ether oxygens (including phenoxy) is 1. The minimum atomic E-state index is 0.275. The van der Waals surface area contributed by atoms with Crippen LogP contribution in [-0.2, 0) is 6.54 Å². The molecule has 0 amide bonds. The fraction of sp³-hybridized carbons (Fsp3) is 0.400. The minimum absolute atomic E-state index is 0.275. The van der Waals surface area contributed by atoms with Gasteiger partial charge in [-0.2, -0.15) is 0 Å². The molecule has 114 valence electrons. The Morgan fingerprint density at radius 3 is 2.76 bits per heavy atom. The third kappa shape index (κ3) is 4.52. The van der Waals surface area contributed by atoms with Crippen molar-refractivity contribution in [3.05, 3.63) is 43.2 Å². The van der Waals surface area contributed by atoms with E-state index < -0.39 is 0 Å². The second-order valence-corrected chi connectivity index (χ2v) is 7.22. The highest BCUT2D eigenvalue weighted by Crippen LogP contribution is 2.33. The molecule has 0 saturated heterocycles. The summed E-state index contributed by atoms with van der Waals surface area (Å²) in [5.74, 6) is 0.905. The van der Waals surface area contributed by atoms with Crippen LogP contribution >= 0.6 is 43.2 Å². The van der Waals surface area contributed by atoms with E-state index in [2.05, 4.69) is 55.2 Å². The van der Waals surface area contributed by atoms with E-state index in [0.717, 1.165) is 38.2 Å². The van der Waals surface area contributed by atoms with E-state index in [0.29, 0.717) is 6.61 Å². The predicted octanol–water partition coefficient (Wildman–Crippen LogP) is 5.31. The first-order valence-electron chi connectivity index (χ1n) is 6.89. The van der Waals surface area contributed by atoms with Crippen molar-refractivity contribution in [2.24, 2.45) is 0 Å². The van der Waals surface area contributed by atoms with Crippen molar-refractivity contribution in [1.82, 2.24) is 10.3 Å². The van der Waals surface area contributed by atoms with E-state index in [9.17, 15) is 0 Å². The fourth-order valence-electron chi connectivity index (χ4n) is 2.10. The van der Waals surface area contributed by atoms with Crippen molar-refractivity contribution >= 4 is 43.2 Å². The molecule has 1 aromatic heterocycles. The van der Waals surface area contributed by atoms with Crippen molar-refractivity contribution in [1.29, 1.82) is 0 Å². The van der Waals surface area contributed by atoms with Gasteiger partial charge in [-0.3, -0.25) is 0 Å². The number of benzene rings is 1. The highest BCUT2D eigenvalue weighted by molar-refractivity contribution is 9.11. The molecule has 0 saturated carbocycles. The Morgan fingerprint density at radius 1 is 1.33 bits per heavy atom. The number of hydrogen-bond donors (Lipinski definition) is 1.